The van der Waals surface area contributed by atoms with Gasteiger partial charge in [-0.1, -0.05) is 12.2 Å². The SMILES string of the molecule is C/C=C\C=C/N=CN(C)CCOC(C)(C)C. The lowest BCUT2D eigenvalue weighted by atomic mass is 10.2. The zero-order valence-corrected chi connectivity index (χ0v) is 11.1. The van der Waals surface area contributed by atoms with Crippen LogP contribution in [0.1, 0.15) is 27.7 Å². The first-order chi connectivity index (χ1) is 7.45. The summed E-state index contributed by atoms with van der Waals surface area (Å²) in [4.78, 5) is 6.14. The van der Waals surface area contributed by atoms with E-state index < -0.39 is 0 Å². The van der Waals surface area contributed by atoms with E-state index in [2.05, 4.69) is 25.8 Å². The zero-order valence-electron chi connectivity index (χ0n) is 11.1. The fourth-order valence-corrected chi connectivity index (χ4v) is 0.916. The summed E-state index contributed by atoms with van der Waals surface area (Å²) >= 11 is 0. The molecular weight excluding hydrogens is 200 g/mol. The van der Waals surface area contributed by atoms with Crippen LogP contribution in [-0.4, -0.2) is 37.0 Å². The molecule has 0 unspecified atom stereocenters. The Morgan fingerprint density at radius 2 is 1.94 bits per heavy atom. The van der Waals surface area contributed by atoms with Gasteiger partial charge < -0.3 is 9.64 Å². The summed E-state index contributed by atoms with van der Waals surface area (Å²) < 4.78 is 5.61. The van der Waals surface area contributed by atoms with Crippen LogP contribution in [0.3, 0.4) is 0 Å². The minimum absolute atomic E-state index is 0.0657. The lowest BCUT2D eigenvalue weighted by molar-refractivity contribution is -0.00574. The third-order valence-electron chi connectivity index (χ3n) is 1.72. The van der Waals surface area contributed by atoms with E-state index in [9.17, 15) is 0 Å². The van der Waals surface area contributed by atoms with Crippen molar-refractivity contribution in [1.82, 2.24) is 4.90 Å². The number of hydrogen-bond acceptors (Lipinski definition) is 2. The molecule has 0 aliphatic carbocycles. The van der Waals surface area contributed by atoms with Gasteiger partial charge in [0.2, 0.25) is 0 Å². The summed E-state index contributed by atoms with van der Waals surface area (Å²) in [5.74, 6) is 0. The summed E-state index contributed by atoms with van der Waals surface area (Å²) in [6, 6.07) is 0. The molecular formula is C13H24N2O. The predicted octanol–water partition coefficient (Wildman–Crippen LogP) is 2.85. The Hall–Kier alpha value is -1.09. The molecule has 92 valence electrons. The van der Waals surface area contributed by atoms with Crippen molar-refractivity contribution < 1.29 is 4.74 Å². The topological polar surface area (TPSA) is 24.8 Å². The number of hydrogen-bond donors (Lipinski definition) is 0. The highest BCUT2D eigenvalue weighted by molar-refractivity contribution is 5.55. The summed E-state index contributed by atoms with van der Waals surface area (Å²) in [7, 11) is 1.99. The maximum absolute atomic E-state index is 5.61. The molecule has 0 aromatic heterocycles. The molecule has 0 rings (SSSR count). The van der Waals surface area contributed by atoms with Crippen molar-refractivity contribution in [2.24, 2.45) is 4.99 Å². The van der Waals surface area contributed by atoms with Crippen molar-refractivity contribution in [3.63, 3.8) is 0 Å². The van der Waals surface area contributed by atoms with Gasteiger partial charge >= 0.3 is 0 Å². The Morgan fingerprint density at radius 3 is 2.50 bits per heavy atom. The second kappa shape index (κ2) is 8.11. The molecule has 3 heteroatoms. The smallest absolute Gasteiger partial charge is 0.0903 e. The molecule has 0 radical (unpaired) electrons. The Labute approximate surface area is 99.5 Å². The minimum atomic E-state index is -0.0657. The van der Waals surface area contributed by atoms with Crippen molar-refractivity contribution in [3.8, 4) is 0 Å². The van der Waals surface area contributed by atoms with E-state index in [1.165, 1.54) is 0 Å². The lowest BCUT2D eigenvalue weighted by Gasteiger charge is -2.21. The third-order valence-corrected chi connectivity index (χ3v) is 1.72. The van der Waals surface area contributed by atoms with Crippen LogP contribution in [0.2, 0.25) is 0 Å². The van der Waals surface area contributed by atoms with Gasteiger partial charge in [-0.2, -0.15) is 0 Å². The van der Waals surface area contributed by atoms with Gasteiger partial charge in [-0.05, 0) is 33.8 Å². The van der Waals surface area contributed by atoms with Gasteiger partial charge in [0, 0.05) is 19.8 Å². The van der Waals surface area contributed by atoms with E-state index in [4.69, 9.17) is 4.74 Å². The van der Waals surface area contributed by atoms with E-state index in [0.717, 1.165) is 6.54 Å². The number of aliphatic imine (C=N–C) groups is 1. The van der Waals surface area contributed by atoms with Crippen molar-refractivity contribution in [2.45, 2.75) is 33.3 Å². The predicted molar refractivity (Wildman–Crippen MR) is 70.8 cm³/mol. The van der Waals surface area contributed by atoms with Crippen LogP contribution in [0.4, 0.5) is 0 Å². The molecule has 0 aliphatic heterocycles. The molecule has 0 aromatic carbocycles. The largest absolute Gasteiger partial charge is 0.374 e. The molecule has 0 N–H and O–H groups in total. The molecule has 0 amide bonds. The normalized spacial score (nSPS) is 13.3. The minimum Gasteiger partial charge on any atom is -0.374 e. The first kappa shape index (κ1) is 14.9. The average Bonchev–Trinajstić information content (AvgIpc) is 2.15. The number of ether oxygens (including phenoxy) is 1. The van der Waals surface area contributed by atoms with Crippen molar-refractivity contribution in [2.75, 3.05) is 20.2 Å². The molecule has 0 aromatic rings. The molecule has 0 bridgehead atoms. The maximum Gasteiger partial charge on any atom is 0.0903 e. The summed E-state index contributed by atoms with van der Waals surface area (Å²) in [6.07, 6.45) is 9.37. The highest BCUT2D eigenvalue weighted by atomic mass is 16.5. The van der Waals surface area contributed by atoms with Crippen LogP contribution in [0.25, 0.3) is 0 Å². The fourth-order valence-electron chi connectivity index (χ4n) is 0.916. The molecule has 0 fully saturated rings. The monoisotopic (exact) mass is 224 g/mol. The molecule has 0 saturated carbocycles. The van der Waals surface area contributed by atoms with Crippen LogP contribution < -0.4 is 0 Å². The van der Waals surface area contributed by atoms with Crippen molar-refractivity contribution in [1.29, 1.82) is 0 Å². The Balaban J connectivity index is 3.70. The Morgan fingerprint density at radius 1 is 1.25 bits per heavy atom. The van der Waals surface area contributed by atoms with Gasteiger partial charge in [0.1, 0.15) is 0 Å². The quantitative estimate of drug-likeness (QED) is 0.394. The van der Waals surface area contributed by atoms with Crippen LogP contribution in [-0.2, 0) is 4.74 Å². The van der Waals surface area contributed by atoms with Crippen LogP contribution in [0.5, 0.6) is 0 Å². The van der Waals surface area contributed by atoms with Gasteiger partial charge in [0.15, 0.2) is 0 Å². The second-order valence-corrected chi connectivity index (χ2v) is 4.57. The van der Waals surface area contributed by atoms with E-state index in [0.29, 0.717) is 6.61 Å². The molecule has 0 atom stereocenters. The van der Waals surface area contributed by atoms with E-state index in [1.807, 2.05) is 37.1 Å². The number of allylic oxidation sites excluding steroid dienone is 3. The molecule has 3 nitrogen and oxygen atoms in total. The molecule has 0 spiro atoms. The molecule has 0 saturated heterocycles. The van der Waals surface area contributed by atoms with Gasteiger partial charge in [-0.15, -0.1) is 0 Å². The van der Waals surface area contributed by atoms with Crippen LogP contribution in [0.15, 0.2) is 29.4 Å². The summed E-state index contributed by atoms with van der Waals surface area (Å²) in [6.45, 7) is 9.70. The highest BCUT2D eigenvalue weighted by Gasteiger charge is 2.09. The van der Waals surface area contributed by atoms with Crippen molar-refractivity contribution in [3.05, 3.63) is 24.4 Å². The standard InChI is InChI=1S/C13H24N2O/c1-6-7-8-9-14-12-15(5)10-11-16-13(2,3)4/h6-9,12H,10-11H2,1-5H3/b7-6-,9-8-,14-12?. The molecule has 16 heavy (non-hydrogen) atoms. The van der Waals surface area contributed by atoms with E-state index in [1.54, 1.807) is 12.5 Å². The average molecular weight is 224 g/mol. The Bertz CT molecular complexity index is 249. The lowest BCUT2D eigenvalue weighted by Crippen LogP contribution is -2.27. The zero-order chi connectivity index (χ0) is 12.4. The van der Waals surface area contributed by atoms with Gasteiger partial charge in [0.25, 0.3) is 0 Å². The van der Waals surface area contributed by atoms with Gasteiger partial charge in [0.05, 0.1) is 18.5 Å². The number of nitrogens with zero attached hydrogens (tertiary/aromatic N) is 2. The van der Waals surface area contributed by atoms with Crippen LogP contribution >= 0.6 is 0 Å². The van der Waals surface area contributed by atoms with Crippen molar-refractivity contribution >= 4 is 6.34 Å². The third kappa shape index (κ3) is 11.0. The fraction of sp³-hybridized carbons (Fsp3) is 0.615. The Kier molecular flexibility index (Phi) is 7.56. The van der Waals surface area contributed by atoms with Crippen LogP contribution in [0, 0.1) is 0 Å². The first-order valence-electron chi connectivity index (χ1n) is 5.61. The number of likely N-dealkylation sites (N-methyl/N-ethyl adjacent to an activating group) is 1. The van der Waals surface area contributed by atoms with E-state index >= 15 is 0 Å². The number of rotatable bonds is 6. The second-order valence-electron chi connectivity index (χ2n) is 4.57. The summed E-state index contributed by atoms with van der Waals surface area (Å²) in [5, 5.41) is 0. The van der Waals surface area contributed by atoms with E-state index in [-0.39, 0.29) is 5.60 Å². The molecule has 0 heterocycles. The van der Waals surface area contributed by atoms with Gasteiger partial charge in [-0.25, -0.2) is 4.99 Å². The highest BCUT2D eigenvalue weighted by Crippen LogP contribution is 2.05. The first-order valence-corrected chi connectivity index (χ1v) is 5.61. The molecule has 0 aliphatic rings. The maximum atomic E-state index is 5.61. The summed E-state index contributed by atoms with van der Waals surface area (Å²) in [5.41, 5.74) is -0.0657. The van der Waals surface area contributed by atoms with Gasteiger partial charge in [-0.3, -0.25) is 0 Å².